The molecule has 1 saturated heterocycles. The van der Waals surface area contributed by atoms with E-state index >= 15 is 0 Å². The lowest BCUT2D eigenvalue weighted by Crippen LogP contribution is -2.42. The van der Waals surface area contributed by atoms with E-state index in [0.717, 1.165) is 32.1 Å². The molecule has 0 aromatic heterocycles. The van der Waals surface area contributed by atoms with Crippen LogP contribution in [0.15, 0.2) is 4.99 Å². The predicted octanol–water partition coefficient (Wildman–Crippen LogP) is 3.18. The van der Waals surface area contributed by atoms with Crippen LogP contribution in [-0.2, 0) is 0 Å². The summed E-state index contributed by atoms with van der Waals surface area (Å²) in [5.74, 6) is 1.14. The Morgan fingerprint density at radius 1 is 1.18 bits per heavy atom. The molecule has 1 N–H and O–H groups in total. The molecular formula is C17H35IN4. The second kappa shape index (κ2) is 9.96. The van der Waals surface area contributed by atoms with Gasteiger partial charge in [-0.1, -0.05) is 26.2 Å². The minimum Gasteiger partial charge on any atom is -0.357 e. The number of hydrogen-bond donors (Lipinski definition) is 1. The van der Waals surface area contributed by atoms with Crippen LogP contribution in [0.2, 0.25) is 0 Å². The molecule has 1 saturated carbocycles. The number of aliphatic imine (C=N–C) groups is 1. The van der Waals surface area contributed by atoms with Gasteiger partial charge in [-0.05, 0) is 45.2 Å². The predicted molar refractivity (Wildman–Crippen MR) is 106 cm³/mol. The Bertz CT molecular complexity index is 340. The fraction of sp³-hybridized carbons (Fsp3) is 0.941. The van der Waals surface area contributed by atoms with E-state index in [-0.39, 0.29) is 24.0 Å². The topological polar surface area (TPSA) is 30.9 Å². The highest BCUT2D eigenvalue weighted by Crippen LogP contribution is 2.43. The molecule has 1 heterocycles. The van der Waals surface area contributed by atoms with Gasteiger partial charge < -0.3 is 15.1 Å². The Morgan fingerprint density at radius 2 is 1.91 bits per heavy atom. The zero-order valence-corrected chi connectivity index (χ0v) is 17.1. The molecule has 1 aliphatic heterocycles. The van der Waals surface area contributed by atoms with Crippen LogP contribution in [0.4, 0.5) is 0 Å². The smallest absolute Gasteiger partial charge is 0.193 e. The molecule has 0 atom stereocenters. The number of nitrogens with zero attached hydrogens (tertiary/aromatic N) is 3. The molecule has 0 radical (unpaired) electrons. The highest BCUT2D eigenvalue weighted by molar-refractivity contribution is 14.0. The van der Waals surface area contributed by atoms with Crippen LogP contribution >= 0.6 is 24.0 Å². The fourth-order valence-electron chi connectivity index (χ4n) is 3.74. The van der Waals surface area contributed by atoms with Crippen molar-refractivity contribution in [3.05, 3.63) is 0 Å². The van der Waals surface area contributed by atoms with E-state index in [0.29, 0.717) is 5.41 Å². The van der Waals surface area contributed by atoms with Gasteiger partial charge >= 0.3 is 0 Å². The molecule has 0 aromatic rings. The zero-order valence-electron chi connectivity index (χ0n) is 14.7. The first-order valence-electron chi connectivity index (χ1n) is 8.91. The maximum atomic E-state index is 4.85. The molecule has 0 unspecified atom stereocenters. The Labute approximate surface area is 154 Å². The molecule has 2 aliphatic rings. The summed E-state index contributed by atoms with van der Waals surface area (Å²) in [5, 5.41) is 3.50. The third-order valence-corrected chi connectivity index (χ3v) is 5.27. The third kappa shape index (κ3) is 5.55. The van der Waals surface area contributed by atoms with E-state index in [1.807, 2.05) is 0 Å². The van der Waals surface area contributed by atoms with Crippen molar-refractivity contribution >= 4 is 29.9 Å². The van der Waals surface area contributed by atoms with Gasteiger partial charge in [0, 0.05) is 26.2 Å². The average Bonchev–Trinajstić information content (AvgIpc) is 2.90. The van der Waals surface area contributed by atoms with Crippen molar-refractivity contribution < 1.29 is 0 Å². The van der Waals surface area contributed by atoms with Gasteiger partial charge in [-0.25, -0.2) is 0 Å². The van der Waals surface area contributed by atoms with Gasteiger partial charge in [0.15, 0.2) is 5.96 Å². The summed E-state index contributed by atoms with van der Waals surface area (Å²) < 4.78 is 0. The largest absolute Gasteiger partial charge is 0.357 e. The molecule has 1 aliphatic carbocycles. The number of likely N-dealkylation sites (N-methyl/N-ethyl adjacent to an activating group) is 1. The van der Waals surface area contributed by atoms with Gasteiger partial charge in [0.05, 0.1) is 6.54 Å². The van der Waals surface area contributed by atoms with Crippen molar-refractivity contribution in [2.45, 2.75) is 52.4 Å². The number of nitrogens with one attached hydrogen (secondary N) is 1. The molecule has 0 bridgehead atoms. The van der Waals surface area contributed by atoms with E-state index in [9.17, 15) is 0 Å². The van der Waals surface area contributed by atoms with Crippen molar-refractivity contribution in [3.8, 4) is 0 Å². The lowest BCUT2D eigenvalue weighted by atomic mass is 9.73. The van der Waals surface area contributed by atoms with Gasteiger partial charge in [0.1, 0.15) is 0 Å². The molecule has 5 heteroatoms. The van der Waals surface area contributed by atoms with E-state index in [4.69, 9.17) is 4.99 Å². The Balaban J connectivity index is 0.00000242. The summed E-state index contributed by atoms with van der Waals surface area (Å²) in [6.45, 7) is 10.8. The number of hydrogen-bond acceptors (Lipinski definition) is 2. The molecular weight excluding hydrogens is 387 g/mol. The second-order valence-corrected chi connectivity index (χ2v) is 6.86. The van der Waals surface area contributed by atoms with Crippen LogP contribution in [0.5, 0.6) is 0 Å². The average molecular weight is 422 g/mol. The molecule has 2 fully saturated rings. The summed E-state index contributed by atoms with van der Waals surface area (Å²) in [6.07, 6.45) is 8.54. The second-order valence-electron chi connectivity index (χ2n) is 6.86. The Morgan fingerprint density at radius 3 is 2.55 bits per heavy atom. The lowest BCUT2D eigenvalue weighted by molar-refractivity contribution is 0.203. The fourth-order valence-corrected chi connectivity index (χ4v) is 3.74. The van der Waals surface area contributed by atoms with Crippen LogP contribution < -0.4 is 5.32 Å². The highest BCUT2D eigenvalue weighted by atomic mass is 127. The van der Waals surface area contributed by atoms with Crippen LogP contribution in [0.3, 0.4) is 0 Å². The maximum Gasteiger partial charge on any atom is 0.193 e. The summed E-state index contributed by atoms with van der Waals surface area (Å²) >= 11 is 0. The summed E-state index contributed by atoms with van der Waals surface area (Å²) in [5.41, 5.74) is 0.606. The van der Waals surface area contributed by atoms with E-state index < -0.39 is 0 Å². The maximum absolute atomic E-state index is 4.85. The molecule has 22 heavy (non-hydrogen) atoms. The summed E-state index contributed by atoms with van der Waals surface area (Å²) in [7, 11) is 2.16. The Kier molecular flexibility index (Phi) is 9.05. The van der Waals surface area contributed by atoms with Crippen LogP contribution in [0, 0.1) is 5.41 Å². The molecule has 4 nitrogen and oxygen atoms in total. The molecule has 0 aromatic carbocycles. The van der Waals surface area contributed by atoms with Crippen LogP contribution in [-0.4, -0.2) is 62.1 Å². The summed E-state index contributed by atoms with van der Waals surface area (Å²) in [6, 6.07) is 0. The molecule has 1 spiro atoms. The molecule has 0 amide bonds. The zero-order chi connectivity index (χ0) is 15.1. The van der Waals surface area contributed by atoms with Crippen LogP contribution in [0.1, 0.15) is 52.4 Å². The molecule has 130 valence electrons. The standard InChI is InChI=1S/C17H34N4.HI/c1-4-18-16(19-12-14-20(3)5-2)21-13-11-17(15-21)9-7-6-8-10-17;/h4-15H2,1-3H3,(H,18,19);1H. The van der Waals surface area contributed by atoms with Crippen molar-refractivity contribution in [2.24, 2.45) is 10.4 Å². The third-order valence-electron chi connectivity index (χ3n) is 5.27. The summed E-state index contributed by atoms with van der Waals surface area (Å²) in [4.78, 5) is 9.68. The molecule has 2 rings (SSSR count). The van der Waals surface area contributed by atoms with Crippen LogP contribution in [0.25, 0.3) is 0 Å². The van der Waals surface area contributed by atoms with Crippen molar-refractivity contribution in [3.63, 3.8) is 0 Å². The van der Waals surface area contributed by atoms with Gasteiger partial charge in [-0.15, -0.1) is 24.0 Å². The minimum atomic E-state index is 0. The van der Waals surface area contributed by atoms with Gasteiger partial charge in [-0.2, -0.15) is 0 Å². The minimum absolute atomic E-state index is 0. The monoisotopic (exact) mass is 422 g/mol. The lowest BCUT2D eigenvalue weighted by Gasteiger charge is -2.33. The Hall–Kier alpha value is -0.0400. The number of likely N-dealkylation sites (tertiary alicyclic amines) is 1. The SMILES string of the molecule is CCNC(=NCCN(C)CC)N1CCC2(CCCCC2)C1.I. The number of halogens is 1. The normalized spacial score (nSPS) is 21.3. The van der Waals surface area contributed by atoms with Crippen molar-refractivity contribution in [2.75, 3.05) is 46.3 Å². The first kappa shape index (κ1) is 20.0. The van der Waals surface area contributed by atoms with Crippen molar-refractivity contribution in [1.29, 1.82) is 0 Å². The highest BCUT2D eigenvalue weighted by Gasteiger charge is 2.39. The quantitative estimate of drug-likeness (QED) is 0.420. The van der Waals surface area contributed by atoms with Gasteiger partial charge in [-0.3, -0.25) is 4.99 Å². The first-order valence-corrected chi connectivity index (χ1v) is 8.91. The van der Waals surface area contributed by atoms with E-state index in [1.165, 1.54) is 51.6 Å². The first-order chi connectivity index (χ1) is 10.2. The number of rotatable bonds is 5. The van der Waals surface area contributed by atoms with E-state index in [1.54, 1.807) is 0 Å². The van der Waals surface area contributed by atoms with Crippen molar-refractivity contribution in [1.82, 2.24) is 15.1 Å². The van der Waals surface area contributed by atoms with E-state index in [2.05, 4.69) is 36.0 Å². The van der Waals surface area contributed by atoms with Gasteiger partial charge in [0.2, 0.25) is 0 Å². The van der Waals surface area contributed by atoms with Gasteiger partial charge in [0.25, 0.3) is 0 Å². The number of guanidine groups is 1.